The van der Waals surface area contributed by atoms with E-state index in [1.807, 2.05) is 15.9 Å². The maximum atomic E-state index is 13.8. The zero-order chi connectivity index (χ0) is 21.4. The summed E-state index contributed by atoms with van der Waals surface area (Å²) in [6.07, 6.45) is 5.62. The predicted molar refractivity (Wildman–Crippen MR) is 119 cm³/mol. The first-order chi connectivity index (χ1) is 15.1. The molecule has 6 heteroatoms. The molecule has 0 saturated carbocycles. The second-order valence-electron chi connectivity index (χ2n) is 9.14. The van der Waals surface area contributed by atoms with Crippen molar-refractivity contribution in [3.63, 3.8) is 0 Å². The van der Waals surface area contributed by atoms with Gasteiger partial charge in [-0.15, -0.1) is 0 Å². The third kappa shape index (κ3) is 3.93. The van der Waals surface area contributed by atoms with Crippen molar-refractivity contribution in [3.05, 3.63) is 40.6 Å². The molecule has 1 aromatic carbocycles. The molecular weight excluding hydrogens is 390 g/mol. The summed E-state index contributed by atoms with van der Waals surface area (Å²) < 4.78 is 5.37. The van der Waals surface area contributed by atoms with Gasteiger partial charge in [0.25, 0.3) is 5.91 Å². The van der Waals surface area contributed by atoms with Gasteiger partial charge in [-0.05, 0) is 63.1 Å². The van der Waals surface area contributed by atoms with Crippen molar-refractivity contribution in [1.82, 2.24) is 14.8 Å². The minimum Gasteiger partial charge on any atom is -0.378 e. The number of hydrogen-bond donors (Lipinski definition) is 0. The first-order valence-corrected chi connectivity index (χ1v) is 11.7. The van der Waals surface area contributed by atoms with Crippen LogP contribution >= 0.6 is 0 Å². The van der Waals surface area contributed by atoms with Gasteiger partial charge in [-0.2, -0.15) is 0 Å². The van der Waals surface area contributed by atoms with Crippen molar-refractivity contribution >= 4 is 22.7 Å². The number of likely N-dealkylation sites (tertiary alicyclic amines) is 1. The number of ether oxygens (including phenoxy) is 1. The van der Waals surface area contributed by atoms with Crippen LogP contribution in [0.5, 0.6) is 0 Å². The minimum atomic E-state index is 0.0208. The van der Waals surface area contributed by atoms with Gasteiger partial charge < -0.3 is 14.5 Å². The number of aromatic nitrogens is 1. The summed E-state index contributed by atoms with van der Waals surface area (Å²) in [4.78, 5) is 35.4. The molecule has 2 aromatic rings. The number of piperidine rings is 1. The van der Waals surface area contributed by atoms with Crippen molar-refractivity contribution in [3.8, 4) is 0 Å². The van der Waals surface area contributed by atoms with E-state index in [1.54, 1.807) is 0 Å². The fourth-order valence-corrected chi connectivity index (χ4v) is 5.31. The Bertz CT molecular complexity index is 1000. The molecule has 1 aliphatic carbocycles. The molecule has 164 valence electrons. The summed E-state index contributed by atoms with van der Waals surface area (Å²) in [6.45, 7) is 5.98. The maximum Gasteiger partial charge on any atom is 0.254 e. The van der Waals surface area contributed by atoms with Crippen LogP contribution in [-0.2, 0) is 22.4 Å². The Morgan fingerprint density at radius 1 is 1.00 bits per heavy atom. The van der Waals surface area contributed by atoms with Crippen LogP contribution in [0.2, 0.25) is 0 Å². The monoisotopic (exact) mass is 421 g/mol. The zero-order valence-electron chi connectivity index (χ0n) is 18.4. The van der Waals surface area contributed by atoms with Gasteiger partial charge in [-0.1, -0.05) is 11.6 Å². The molecule has 31 heavy (non-hydrogen) atoms. The van der Waals surface area contributed by atoms with Crippen LogP contribution < -0.4 is 0 Å². The average Bonchev–Trinajstić information content (AvgIpc) is 2.82. The van der Waals surface area contributed by atoms with E-state index in [0.29, 0.717) is 39.4 Å². The molecule has 5 rings (SSSR count). The fourth-order valence-electron chi connectivity index (χ4n) is 5.31. The second kappa shape index (κ2) is 8.58. The molecule has 3 aliphatic rings. The molecule has 0 spiro atoms. The first kappa shape index (κ1) is 20.4. The van der Waals surface area contributed by atoms with Gasteiger partial charge in [0.05, 0.1) is 24.3 Å². The lowest BCUT2D eigenvalue weighted by Gasteiger charge is -2.36. The number of carbonyl (C=O) groups excluding carboxylic acids is 2. The molecular formula is C25H31N3O3. The highest BCUT2D eigenvalue weighted by Crippen LogP contribution is 2.32. The van der Waals surface area contributed by atoms with Gasteiger partial charge in [0, 0.05) is 43.2 Å². The quantitative estimate of drug-likeness (QED) is 0.747. The normalized spacial score (nSPS) is 20.0. The number of aryl methyl sites for hydroxylation is 2. The number of fused-ring (bicyclic) bond motifs is 2. The number of pyridine rings is 1. The SMILES string of the molecule is Cc1ccc2nc3c(c(C(=O)N4CCC(C(=O)N5CCOCC5)CC4)c2c1)CCCC3. The lowest BCUT2D eigenvalue weighted by molar-refractivity contribution is -0.141. The van der Waals surface area contributed by atoms with Crippen molar-refractivity contribution in [2.45, 2.75) is 45.4 Å². The molecule has 1 aromatic heterocycles. The van der Waals surface area contributed by atoms with Gasteiger partial charge in [0.1, 0.15) is 0 Å². The first-order valence-electron chi connectivity index (χ1n) is 11.7. The summed E-state index contributed by atoms with van der Waals surface area (Å²) in [7, 11) is 0. The lowest BCUT2D eigenvalue weighted by Crippen LogP contribution is -2.47. The number of hydrogen-bond acceptors (Lipinski definition) is 4. The smallest absolute Gasteiger partial charge is 0.254 e. The van der Waals surface area contributed by atoms with Crippen LogP contribution in [0.25, 0.3) is 10.9 Å². The van der Waals surface area contributed by atoms with E-state index < -0.39 is 0 Å². The van der Waals surface area contributed by atoms with Gasteiger partial charge in [-0.25, -0.2) is 0 Å². The predicted octanol–water partition coefficient (Wildman–Crippen LogP) is 3.13. The van der Waals surface area contributed by atoms with Crippen molar-refractivity contribution in [2.75, 3.05) is 39.4 Å². The van der Waals surface area contributed by atoms with Crippen LogP contribution in [0.1, 0.15) is 52.9 Å². The fraction of sp³-hybridized carbons (Fsp3) is 0.560. The molecule has 0 N–H and O–H groups in total. The van der Waals surface area contributed by atoms with E-state index in [9.17, 15) is 9.59 Å². The largest absolute Gasteiger partial charge is 0.378 e. The summed E-state index contributed by atoms with van der Waals surface area (Å²) in [5, 5.41) is 0.983. The Hall–Kier alpha value is -2.47. The number of carbonyl (C=O) groups is 2. The third-order valence-electron chi connectivity index (χ3n) is 7.09. The number of amides is 2. The lowest BCUT2D eigenvalue weighted by atomic mass is 9.88. The van der Waals surface area contributed by atoms with E-state index in [0.717, 1.165) is 71.8 Å². The molecule has 2 aliphatic heterocycles. The standard InChI is InChI=1S/C25H31N3O3/c1-17-6-7-22-20(16-17)23(19-4-2-3-5-21(19)26-22)25(30)27-10-8-18(9-11-27)24(29)28-12-14-31-15-13-28/h6-7,16,18H,2-5,8-15H2,1H3. The Morgan fingerprint density at radius 2 is 1.74 bits per heavy atom. The van der Waals surface area contributed by atoms with E-state index in [1.165, 1.54) is 0 Å². The Balaban J connectivity index is 1.38. The van der Waals surface area contributed by atoms with Crippen molar-refractivity contribution in [2.24, 2.45) is 5.92 Å². The van der Waals surface area contributed by atoms with Gasteiger partial charge in [0.2, 0.25) is 5.91 Å². The van der Waals surface area contributed by atoms with E-state index in [-0.39, 0.29) is 17.7 Å². The van der Waals surface area contributed by atoms with Crippen LogP contribution in [-0.4, -0.2) is 66.0 Å². The minimum absolute atomic E-state index is 0.0208. The van der Waals surface area contributed by atoms with Gasteiger partial charge in [-0.3, -0.25) is 14.6 Å². The maximum absolute atomic E-state index is 13.8. The van der Waals surface area contributed by atoms with Gasteiger partial charge in [0.15, 0.2) is 0 Å². The Kier molecular flexibility index (Phi) is 5.65. The molecule has 2 amide bonds. The molecule has 0 unspecified atom stereocenters. The molecule has 0 bridgehead atoms. The molecule has 2 fully saturated rings. The summed E-state index contributed by atoms with van der Waals surface area (Å²) in [5.41, 5.74) is 5.19. The van der Waals surface area contributed by atoms with Crippen LogP contribution in [0.3, 0.4) is 0 Å². The zero-order valence-corrected chi connectivity index (χ0v) is 18.4. The second-order valence-corrected chi connectivity index (χ2v) is 9.14. The Labute approximate surface area is 183 Å². The third-order valence-corrected chi connectivity index (χ3v) is 7.09. The summed E-state index contributed by atoms with van der Waals surface area (Å²) >= 11 is 0. The number of rotatable bonds is 2. The van der Waals surface area contributed by atoms with Crippen LogP contribution in [0, 0.1) is 12.8 Å². The highest BCUT2D eigenvalue weighted by molar-refractivity contribution is 6.08. The summed E-state index contributed by atoms with van der Waals surface area (Å²) in [6, 6.07) is 6.23. The Morgan fingerprint density at radius 3 is 2.52 bits per heavy atom. The van der Waals surface area contributed by atoms with E-state index >= 15 is 0 Å². The van der Waals surface area contributed by atoms with Gasteiger partial charge >= 0.3 is 0 Å². The van der Waals surface area contributed by atoms with Crippen molar-refractivity contribution < 1.29 is 14.3 Å². The van der Waals surface area contributed by atoms with E-state index in [4.69, 9.17) is 9.72 Å². The highest BCUT2D eigenvalue weighted by atomic mass is 16.5. The molecule has 0 radical (unpaired) electrons. The number of benzene rings is 1. The topological polar surface area (TPSA) is 62.7 Å². The van der Waals surface area contributed by atoms with E-state index in [2.05, 4.69) is 19.1 Å². The molecule has 2 saturated heterocycles. The molecule has 3 heterocycles. The number of morpholine rings is 1. The van der Waals surface area contributed by atoms with Crippen molar-refractivity contribution in [1.29, 1.82) is 0 Å². The average molecular weight is 422 g/mol. The molecule has 0 atom stereocenters. The summed E-state index contributed by atoms with van der Waals surface area (Å²) in [5.74, 6) is 0.374. The van der Waals surface area contributed by atoms with Crippen LogP contribution in [0.15, 0.2) is 18.2 Å². The van der Waals surface area contributed by atoms with Crippen LogP contribution in [0.4, 0.5) is 0 Å². The number of nitrogens with zero attached hydrogens (tertiary/aromatic N) is 3. The molecule has 6 nitrogen and oxygen atoms in total. The highest BCUT2D eigenvalue weighted by Gasteiger charge is 2.33.